The van der Waals surface area contributed by atoms with Gasteiger partial charge in [-0.3, -0.25) is 0 Å². The molecule has 0 atom stereocenters. The van der Waals surface area contributed by atoms with Gasteiger partial charge in [0, 0.05) is 21.0 Å². The van der Waals surface area contributed by atoms with Gasteiger partial charge < -0.3 is 5.73 Å². The van der Waals surface area contributed by atoms with Crippen LogP contribution >= 0.6 is 11.3 Å². The SMILES string of the molecule is CC(C)(C)c1ccc(-c2ccc(C#N)cc2N)s1. The Morgan fingerprint density at radius 1 is 1.17 bits per heavy atom. The average molecular weight is 256 g/mol. The summed E-state index contributed by atoms with van der Waals surface area (Å²) in [4.78, 5) is 2.49. The zero-order valence-corrected chi connectivity index (χ0v) is 11.6. The molecule has 1 aromatic heterocycles. The number of anilines is 1. The fourth-order valence-corrected chi connectivity index (χ4v) is 2.85. The molecule has 0 spiro atoms. The predicted octanol–water partition coefficient (Wildman–Crippen LogP) is 4.17. The molecule has 0 aliphatic carbocycles. The topological polar surface area (TPSA) is 49.8 Å². The van der Waals surface area contributed by atoms with Crippen LogP contribution in [0.25, 0.3) is 10.4 Å². The van der Waals surface area contributed by atoms with Crippen molar-refractivity contribution in [2.24, 2.45) is 0 Å². The number of hydrogen-bond acceptors (Lipinski definition) is 3. The van der Waals surface area contributed by atoms with Gasteiger partial charge in [-0.2, -0.15) is 5.26 Å². The highest BCUT2D eigenvalue weighted by Gasteiger charge is 2.17. The van der Waals surface area contributed by atoms with Gasteiger partial charge in [0.15, 0.2) is 0 Å². The lowest BCUT2D eigenvalue weighted by molar-refractivity contribution is 0.604. The number of nitrogens with two attached hydrogens (primary N) is 1. The van der Waals surface area contributed by atoms with E-state index in [2.05, 4.69) is 39.0 Å². The Morgan fingerprint density at radius 2 is 1.89 bits per heavy atom. The molecule has 0 bridgehead atoms. The Balaban J connectivity index is 2.44. The lowest BCUT2D eigenvalue weighted by Gasteiger charge is -2.15. The average Bonchev–Trinajstić information content (AvgIpc) is 2.77. The minimum atomic E-state index is 0.157. The number of nitrogens with zero attached hydrogens (tertiary/aromatic N) is 1. The highest BCUT2D eigenvalue weighted by Crippen LogP contribution is 2.37. The standard InChI is InChI=1S/C15H16N2S/c1-15(2,3)14-7-6-13(18-14)11-5-4-10(9-16)8-12(11)17/h4-8H,17H2,1-3H3. The molecule has 1 heterocycles. The van der Waals surface area contributed by atoms with Crippen LogP contribution in [0.3, 0.4) is 0 Å². The maximum atomic E-state index is 8.83. The largest absolute Gasteiger partial charge is 0.398 e. The molecule has 0 amide bonds. The van der Waals surface area contributed by atoms with Crippen LogP contribution in [0.4, 0.5) is 5.69 Å². The Hall–Kier alpha value is -1.79. The molecule has 3 heteroatoms. The van der Waals surface area contributed by atoms with E-state index in [4.69, 9.17) is 11.0 Å². The van der Waals surface area contributed by atoms with Gasteiger partial charge in [-0.05, 0) is 29.7 Å². The van der Waals surface area contributed by atoms with Crippen molar-refractivity contribution in [1.29, 1.82) is 5.26 Å². The van der Waals surface area contributed by atoms with Crippen LogP contribution in [0, 0.1) is 11.3 Å². The number of thiophene rings is 1. The summed E-state index contributed by atoms with van der Waals surface area (Å²) in [5.41, 5.74) is 8.43. The summed E-state index contributed by atoms with van der Waals surface area (Å²) in [7, 11) is 0. The summed E-state index contributed by atoms with van der Waals surface area (Å²) in [5.74, 6) is 0. The van der Waals surface area contributed by atoms with E-state index in [0.717, 1.165) is 10.4 Å². The van der Waals surface area contributed by atoms with E-state index in [9.17, 15) is 0 Å². The van der Waals surface area contributed by atoms with E-state index in [1.165, 1.54) is 4.88 Å². The minimum Gasteiger partial charge on any atom is -0.398 e. The van der Waals surface area contributed by atoms with Gasteiger partial charge in [-0.1, -0.05) is 26.8 Å². The minimum absolute atomic E-state index is 0.157. The van der Waals surface area contributed by atoms with Gasteiger partial charge in [0.05, 0.1) is 11.6 Å². The smallest absolute Gasteiger partial charge is 0.0992 e. The molecular weight excluding hydrogens is 240 g/mol. The molecule has 2 nitrogen and oxygen atoms in total. The lowest BCUT2D eigenvalue weighted by Crippen LogP contribution is -2.07. The zero-order valence-electron chi connectivity index (χ0n) is 10.8. The first-order valence-electron chi connectivity index (χ1n) is 5.82. The zero-order chi connectivity index (χ0) is 13.3. The van der Waals surface area contributed by atoms with Gasteiger partial charge in [-0.15, -0.1) is 11.3 Å². The second kappa shape index (κ2) is 4.47. The van der Waals surface area contributed by atoms with Gasteiger partial charge in [0.2, 0.25) is 0 Å². The van der Waals surface area contributed by atoms with Crippen LogP contribution in [0.1, 0.15) is 31.2 Å². The molecule has 0 unspecified atom stereocenters. The highest BCUT2D eigenvalue weighted by atomic mass is 32.1. The number of nitrogen functional groups attached to an aromatic ring is 1. The van der Waals surface area contributed by atoms with E-state index < -0.39 is 0 Å². The Kier molecular flexibility index (Phi) is 3.14. The molecule has 2 N–H and O–H groups in total. The van der Waals surface area contributed by atoms with E-state index in [0.29, 0.717) is 11.3 Å². The third-order valence-corrected chi connectivity index (χ3v) is 4.34. The fourth-order valence-electron chi connectivity index (χ4n) is 1.74. The van der Waals surface area contributed by atoms with E-state index in [1.54, 1.807) is 17.4 Å². The first-order chi connectivity index (χ1) is 8.41. The van der Waals surface area contributed by atoms with Crippen LogP contribution in [0.2, 0.25) is 0 Å². The molecule has 1 aromatic carbocycles. The summed E-state index contributed by atoms with van der Waals surface area (Å²) in [6, 6.07) is 11.8. The van der Waals surface area contributed by atoms with Crippen molar-refractivity contribution in [2.75, 3.05) is 5.73 Å². The van der Waals surface area contributed by atoms with Gasteiger partial charge >= 0.3 is 0 Å². The quantitative estimate of drug-likeness (QED) is 0.779. The number of hydrogen-bond donors (Lipinski definition) is 1. The second-order valence-corrected chi connectivity index (χ2v) is 6.41. The number of benzene rings is 1. The Bertz CT molecular complexity index is 612. The molecule has 0 saturated carbocycles. The predicted molar refractivity (Wildman–Crippen MR) is 77.6 cm³/mol. The third kappa shape index (κ3) is 2.39. The second-order valence-electron chi connectivity index (χ2n) is 5.33. The highest BCUT2D eigenvalue weighted by molar-refractivity contribution is 7.15. The van der Waals surface area contributed by atoms with E-state index in [-0.39, 0.29) is 5.41 Å². The molecule has 18 heavy (non-hydrogen) atoms. The third-order valence-electron chi connectivity index (χ3n) is 2.79. The first kappa shape index (κ1) is 12.7. The van der Waals surface area contributed by atoms with Gasteiger partial charge in [-0.25, -0.2) is 0 Å². The van der Waals surface area contributed by atoms with Gasteiger partial charge in [0.25, 0.3) is 0 Å². The fraction of sp³-hybridized carbons (Fsp3) is 0.267. The van der Waals surface area contributed by atoms with Crippen LogP contribution in [0.5, 0.6) is 0 Å². The maximum absolute atomic E-state index is 8.83. The lowest BCUT2D eigenvalue weighted by atomic mass is 9.95. The van der Waals surface area contributed by atoms with Gasteiger partial charge in [0.1, 0.15) is 0 Å². The van der Waals surface area contributed by atoms with Crippen molar-refractivity contribution in [2.45, 2.75) is 26.2 Å². The number of nitriles is 1. The van der Waals surface area contributed by atoms with E-state index in [1.807, 2.05) is 12.1 Å². The first-order valence-corrected chi connectivity index (χ1v) is 6.64. The summed E-state index contributed by atoms with van der Waals surface area (Å²) in [5, 5.41) is 8.83. The van der Waals surface area contributed by atoms with Crippen molar-refractivity contribution < 1.29 is 0 Å². The van der Waals surface area contributed by atoms with Crippen molar-refractivity contribution >= 4 is 17.0 Å². The molecule has 92 valence electrons. The van der Waals surface area contributed by atoms with Crippen molar-refractivity contribution in [1.82, 2.24) is 0 Å². The molecule has 0 aliphatic heterocycles. The van der Waals surface area contributed by atoms with Crippen LogP contribution in [-0.2, 0) is 5.41 Å². The van der Waals surface area contributed by atoms with Crippen molar-refractivity contribution in [3.8, 4) is 16.5 Å². The summed E-state index contributed by atoms with van der Waals surface area (Å²) < 4.78 is 0. The van der Waals surface area contributed by atoms with Crippen LogP contribution in [-0.4, -0.2) is 0 Å². The molecule has 2 rings (SSSR count). The van der Waals surface area contributed by atoms with E-state index >= 15 is 0 Å². The van der Waals surface area contributed by atoms with Crippen LogP contribution < -0.4 is 5.73 Å². The molecule has 0 radical (unpaired) electrons. The van der Waals surface area contributed by atoms with Crippen molar-refractivity contribution in [3.05, 3.63) is 40.8 Å². The number of rotatable bonds is 1. The summed E-state index contributed by atoms with van der Waals surface area (Å²) in [6.45, 7) is 6.60. The summed E-state index contributed by atoms with van der Waals surface area (Å²) >= 11 is 1.76. The molecular formula is C15H16N2S. The summed E-state index contributed by atoms with van der Waals surface area (Å²) in [6.07, 6.45) is 0. The molecule has 0 aliphatic rings. The monoisotopic (exact) mass is 256 g/mol. The Morgan fingerprint density at radius 3 is 2.39 bits per heavy atom. The molecule has 0 saturated heterocycles. The Labute approximate surface area is 112 Å². The normalized spacial score (nSPS) is 11.2. The molecule has 2 aromatic rings. The van der Waals surface area contributed by atoms with Crippen LogP contribution in [0.15, 0.2) is 30.3 Å². The molecule has 0 fully saturated rings. The maximum Gasteiger partial charge on any atom is 0.0992 e. The van der Waals surface area contributed by atoms with Crippen molar-refractivity contribution in [3.63, 3.8) is 0 Å².